The van der Waals surface area contributed by atoms with Crippen molar-refractivity contribution in [3.63, 3.8) is 0 Å². The van der Waals surface area contributed by atoms with E-state index in [2.05, 4.69) is 21.2 Å². The molecule has 0 bridgehead atoms. The molecule has 116 valence electrons. The van der Waals surface area contributed by atoms with Crippen molar-refractivity contribution in [3.05, 3.63) is 27.7 Å². The van der Waals surface area contributed by atoms with E-state index in [-0.39, 0.29) is 12.5 Å². The molecule has 0 saturated heterocycles. The Balaban J connectivity index is 1.60. The molecule has 0 heterocycles. The molecule has 1 aromatic carbocycles. The van der Waals surface area contributed by atoms with E-state index in [1.807, 2.05) is 17.8 Å². The molecule has 0 unspecified atom stereocenters. The molecule has 2 rings (SSSR count). The zero-order valence-corrected chi connectivity index (χ0v) is 14.9. The van der Waals surface area contributed by atoms with Crippen molar-refractivity contribution in [1.82, 2.24) is 5.32 Å². The molecular weight excluding hydrogens is 374 g/mol. The standard InChI is InChI=1S/C15H19BrClNO2S/c16-11-5-6-14(13(17)9-11)20-10-15(19)18-7-8-21-12-3-1-2-4-12/h5-6,9,12H,1-4,7-8,10H2,(H,18,19). The Morgan fingerprint density at radius 1 is 1.43 bits per heavy atom. The number of thioether (sulfide) groups is 1. The molecule has 1 aromatic rings. The summed E-state index contributed by atoms with van der Waals surface area (Å²) in [5, 5.41) is 4.16. The number of rotatable bonds is 7. The van der Waals surface area contributed by atoms with Crippen molar-refractivity contribution in [3.8, 4) is 5.75 Å². The molecule has 0 aromatic heterocycles. The highest BCUT2D eigenvalue weighted by Gasteiger charge is 2.14. The van der Waals surface area contributed by atoms with Crippen molar-refractivity contribution in [2.75, 3.05) is 18.9 Å². The highest BCUT2D eigenvalue weighted by atomic mass is 79.9. The van der Waals surface area contributed by atoms with Crippen LogP contribution in [-0.2, 0) is 4.79 Å². The van der Waals surface area contributed by atoms with Crippen LogP contribution in [-0.4, -0.2) is 30.1 Å². The lowest BCUT2D eigenvalue weighted by Crippen LogP contribution is -2.30. The van der Waals surface area contributed by atoms with Gasteiger partial charge in [0.25, 0.3) is 5.91 Å². The lowest BCUT2D eigenvalue weighted by Gasteiger charge is -2.10. The van der Waals surface area contributed by atoms with E-state index in [0.717, 1.165) is 15.5 Å². The fourth-order valence-corrected chi connectivity index (χ4v) is 4.21. The SMILES string of the molecule is O=C(COc1ccc(Br)cc1Cl)NCCSC1CCCC1. The Morgan fingerprint density at radius 3 is 2.90 bits per heavy atom. The predicted molar refractivity (Wildman–Crippen MR) is 92.4 cm³/mol. The molecule has 0 radical (unpaired) electrons. The van der Waals surface area contributed by atoms with E-state index >= 15 is 0 Å². The van der Waals surface area contributed by atoms with Gasteiger partial charge in [0.2, 0.25) is 0 Å². The number of carbonyl (C=O) groups excluding carboxylic acids is 1. The number of benzene rings is 1. The second-order valence-electron chi connectivity index (χ2n) is 4.99. The van der Waals surface area contributed by atoms with E-state index in [9.17, 15) is 4.79 Å². The van der Waals surface area contributed by atoms with Gasteiger partial charge in [-0.15, -0.1) is 0 Å². The molecule has 1 aliphatic carbocycles. The molecule has 1 aliphatic rings. The van der Waals surface area contributed by atoms with Gasteiger partial charge in [-0.2, -0.15) is 11.8 Å². The van der Waals surface area contributed by atoms with Gasteiger partial charge >= 0.3 is 0 Å². The average Bonchev–Trinajstić information content (AvgIpc) is 2.96. The maximum atomic E-state index is 11.7. The normalized spacial score (nSPS) is 15.1. The molecular formula is C15H19BrClNO2S. The first-order valence-corrected chi connectivity index (χ1v) is 9.33. The van der Waals surface area contributed by atoms with E-state index in [0.29, 0.717) is 17.3 Å². The van der Waals surface area contributed by atoms with Crippen LogP contribution in [0, 0.1) is 0 Å². The van der Waals surface area contributed by atoms with Crippen LogP contribution in [0.25, 0.3) is 0 Å². The molecule has 0 spiro atoms. The lowest BCUT2D eigenvalue weighted by atomic mass is 10.3. The molecule has 21 heavy (non-hydrogen) atoms. The molecule has 1 saturated carbocycles. The second kappa shape index (κ2) is 8.91. The third kappa shape index (κ3) is 6.09. The van der Waals surface area contributed by atoms with Gasteiger partial charge in [0, 0.05) is 22.0 Å². The Labute approximate surface area is 143 Å². The number of halogens is 2. The third-order valence-electron chi connectivity index (χ3n) is 3.33. The number of ether oxygens (including phenoxy) is 1. The van der Waals surface area contributed by atoms with Crippen LogP contribution < -0.4 is 10.1 Å². The zero-order valence-electron chi connectivity index (χ0n) is 11.7. The summed E-state index contributed by atoms with van der Waals surface area (Å²) in [6.07, 6.45) is 5.35. The average molecular weight is 393 g/mol. The smallest absolute Gasteiger partial charge is 0.257 e. The Kier molecular flexibility index (Phi) is 7.20. The minimum Gasteiger partial charge on any atom is -0.482 e. The van der Waals surface area contributed by atoms with Crippen LogP contribution in [0.1, 0.15) is 25.7 Å². The summed E-state index contributed by atoms with van der Waals surface area (Å²) in [4.78, 5) is 11.7. The van der Waals surface area contributed by atoms with Crippen molar-refractivity contribution in [2.45, 2.75) is 30.9 Å². The maximum absolute atomic E-state index is 11.7. The minimum absolute atomic E-state index is 0.00452. The quantitative estimate of drug-likeness (QED) is 0.704. The van der Waals surface area contributed by atoms with Gasteiger partial charge < -0.3 is 10.1 Å². The van der Waals surface area contributed by atoms with Gasteiger partial charge in [-0.1, -0.05) is 40.4 Å². The Morgan fingerprint density at radius 2 is 2.19 bits per heavy atom. The van der Waals surface area contributed by atoms with Crippen molar-refractivity contribution >= 4 is 45.2 Å². The number of hydrogen-bond donors (Lipinski definition) is 1. The number of hydrogen-bond acceptors (Lipinski definition) is 3. The van der Waals surface area contributed by atoms with Gasteiger partial charge in [-0.25, -0.2) is 0 Å². The maximum Gasteiger partial charge on any atom is 0.257 e. The zero-order chi connectivity index (χ0) is 15.1. The molecule has 3 nitrogen and oxygen atoms in total. The summed E-state index contributed by atoms with van der Waals surface area (Å²) in [5.41, 5.74) is 0. The van der Waals surface area contributed by atoms with Gasteiger partial charge in [0.15, 0.2) is 6.61 Å². The van der Waals surface area contributed by atoms with Gasteiger partial charge in [0.1, 0.15) is 5.75 Å². The van der Waals surface area contributed by atoms with Crippen LogP contribution in [0.5, 0.6) is 5.75 Å². The van der Waals surface area contributed by atoms with Gasteiger partial charge in [-0.05, 0) is 31.0 Å². The monoisotopic (exact) mass is 391 g/mol. The highest BCUT2D eigenvalue weighted by Crippen LogP contribution is 2.29. The second-order valence-corrected chi connectivity index (χ2v) is 7.72. The van der Waals surface area contributed by atoms with Gasteiger partial charge in [0.05, 0.1) is 5.02 Å². The first kappa shape index (κ1) is 17.0. The van der Waals surface area contributed by atoms with E-state index in [1.165, 1.54) is 25.7 Å². The first-order chi connectivity index (χ1) is 10.1. The molecule has 1 N–H and O–H groups in total. The molecule has 1 fully saturated rings. The van der Waals surface area contributed by atoms with Crippen molar-refractivity contribution in [1.29, 1.82) is 0 Å². The number of carbonyl (C=O) groups is 1. The number of nitrogens with one attached hydrogen (secondary N) is 1. The van der Waals surface area contributed by atoms with Gasteiger partial charge in [-0.3, -0.25) is 4.79 Å². The largest absolute Gasteiger partial charge is 0.482 e. The summed E-state index contributed by atoms with van der Waals surface area (Å²) < 4.78 is 6.30. The Hall–Kier alpha value is -0.390. The van der Waals surface area contributed by atoms with Crippen LogP contribution in [0.4, 0.5) is 0 Å². The molecule has 1 amide bonds. The summed E-state index contributed by atoms with van der Waals surface area (Å²) in [6, 6.07) is 5.32. The first-order valence-electron chi connectivity index (χ1n) is 7.11. The summed E-state index contributed by atoms with van der Waals surface area (Å²) in [5.74, 6) is 1.38. The van der Waals surface area contributed by atoms with Crippen LogP contribution in [0.2, 0.25) is 5.02 Å². The predicted octanol–water partition coefficient (Wildman–Crippen LogP) is 4.27. The molecule has 0 atom stereocenters. The molecule has 6 heteroatoms. The fourth-order valence-electron chi connectivity index (χ4n) is 2.26. The van der Waals surface area contributed by atoms with Crippen LogP contribution in [0.15, 0.2) is 22.7 Å². The lowest BCUT2D eigenvalue weighted by molar-refractivity contribution is -0.122. The molecule has 0 aliphatic heterocycles. The van der Waals surface area contributed by atoms with Crippen molar-refractivity contribution < 1.29 is 9.53 Å². The summed E-state index contributed by atoms with van der Waals surface area (Å²) in [6.45, 7) is 0.687. The van der Waals surface area contributed by atoms with Crippen LogP contribution in [0.3, 0.4) is 0 Å². The topological polar surface area (TPSA) is 38.3 Å². The summed E-state index contributed by atoms with van der Waals surface area (Å²) in [7, 11) is 0. The van der Waals surface area contributed by atoms with Crippen molar-refractivity contribution in [2.24, 2.45) is 0 Å². The highest BCUT2D eigenvalue weighted by molar-refractivity contribution is 9.10. The summed E-state index contributed by atoms with van der Waals surface area (Å²) >= 11 is 11.3. The van der Waals surface area contributed by atoms with E-state index in [4.69, 9.17) is 16.3 Å². The van der Waals surface area contributed by atoms with Crippen LogP contribution >= 0.6 is 39.3 Å². The van der Waals surface area contributed by atoms with E-state index < -0.39 is 0 Å². The fraction of sp³-hybridized carbons (Fsp3) is 0.533. The Bertz CT molecular complexity index is 481. The third-order valence-corrected chi connectivity index (χ3v) is 5.50. The number of amides is 1. The minimum atomic E-state index is -0.110. The van der Waals surface area contributed by atoms with E-state index in [1.54, 1.807) is 12.1 Å².